The lowest BCUT2D eigenvalue weighted by atomic mass is 10.1. The molecular weight excluding hydrogens is 290 g/mol. The Labute approximate surface area is 129 Å². The van der Waals surface area contributed by atoms with Crippen LogP contribution in [0.4, 0.5) is 5.69 Å². The van der Waals surface area contributed by atoms with Gasteiger partial charge < -0.3 is 19.9 Å². The smallest absolute Gasteiger partial charge is 0.200 e. The van der Waals surface area contributed by atoms with Crippen LogP contribution >= 0.6 is 11.6 Å². The normalized spacial score (nSPS) is 10.3. The Hall–Kier alpha value is -2.07. The molecule has 0 saturated heterocycles. The van der Waals surface area contributed by atoms with Gasteiger partial charge in [0.1, 0.15) is 0 Å². The highest BCUT2D eigenvalue weighted by Crippen LogP contribution is 2.37. The molecule has 4 nitrogen and oxygen atoms in total. The van der Waals surface area contributed by atoms with Gasteiger partial charge in [-0.1, -0.05) is 17.7 Å². The molecule has 0 aromatic heterocycles. The second-order valence-electron chi connectivity index (χ2n) is 4.69. The van der Waals surface area contributed by atoms with Crippen LogP contribution in [0, 0.1) is 6.92 Å². The van der Waals surface area contributed by atoms with Crippen LogP contribution < -0.4 is 14.8 Å². The number of aryl methyl sites for hydroxylation is 1. The molecule has 0 atom stereocenters. The first kappa shape index (κ1) is 15.3. The highest BCUT2D eigenvalue weighted by molar-refractivity contribution is 6.33. The Morgan fingerprint density at radius 3 is 2.24 bits per heavy atom. The van der Waals surface area contributed by atoms with Crippen LogP contribution in [0.2, 0.25) is 5.02 Å². The molecule has 0 unspecified atom stereocenters. The summed E-state index contributed by atoms with van der Waals surface area (Å²) in [5.74, 6) is 0.749. The third-order valence-corrected chi connectivity index (χ3v) is 3.46. The van der Waals surface area contributed by atoms with Gasteiger partial charge in [0, 0.05) is 6.54 Å². The first-order chi connectivity index (χ1) is 10.0. The summed E-state index contributed by atoms with van der Waals surface area (Å²) in [6.45, 7) is 2.53. The number of hydrogen-bond donors (Lipinski definition) is 2. The van der Waals surface area contributed by atoms with E-state index in [2.05, 4.69) is 5.32 Å². The van der Waals surface area contributed by atoms with Crippen LogP contribution in [0.3, 0.4) is 0 Å². The van der Waals surface area contributed by atoms with Crippen LogP contribution in [-0.4, -0.2) is 19.3 Å². The molecule has 0 spiro atoms. The number of phenolic OH excluding ortho intramolecular Hbond substituents is 1. The lowest BCUT2D eigenvalue weighted by Gasteiger charge is -2.13. The van der Waals surface area contributed by atoms with E-state index in [1.54, 1.807) is 12.1 Å². The number of aromatic hydroxyl groups is 1. The zero-order valence-corrected chi connectivity index (χ0v) is 13.0. The largest absolute Gasteiger partial charge is 0.502 e. The molecule has 21 heavy (non-hydrogen) atoms. The molecular formula is C16H18ClNO3. The van der Waals surface area contributed by atoms with Crippen LogP contribution in [0.15, 0.2) is 30.3 Å². The van der Waals surface area contributed by atoms with Crippen LogP contribution in [0.1, 0.15) is 11.1 Å². The Morgan fingerprint density at radius 1 is 1.10 bits per heavy atom. The van der Waals surface area contributed by atoms with Crippen molar-refractivity contribution < 1.29 is 14.6 Å². The van der Waals surface area contributed by atoms with Crippen molar-refractivity contribution in [1.82, 2.24) is 0 Å². The molecule has 0 radical (unpaired) electrons. The number of nitrogens with one attached hydrogen (secondary N) is 1. The van der Waals surface area contributed by atoms with Gasteiger partial charge >= 0.3 is 0 Å². The lowest BCUT2D eigenvalue weighted by molar-refractivity contribution is 0.339. The average molecular weight is 308 g/mol. The van der Waals surface area contributed by atoms with E-state index in [1.165, 1.54) is 14.2 Å². The molecule has 0 aliphatic rings. The van der Waals surface area contributed by atoms with Crippen LogP contribution in [0.25, 0.3) is 0 Å². The van der Waals surface area contributed by atoms with E-state index < -0.39 is 0 Å². The van der Waals surface area contributed by atoms with Gasteiger partial charge in [0.05, 0.1) is 24.9 Å². The topological polar surface area (TPSA) is 50.7 Å². The summed E-state index contributed by atoms with van der Waals surface area (Å²) < 4.78 is 10.3. The molecule has 2 N–H and O–H groups in total. The quantitative estimate of drug-likeness (QED) is 0.877. The molecule has 0 saturated carbocycles. The van der Waals surface area contributed by atoms with Gasteiger partial charge in [-0.25, -0.2) is 0 Å². The maximum absolute atomic E-state index is 9.88. The summed E-state index contributed by atoms with van der Waals surface area (Å²) in [5.41, 5.74) is 2.88. The Bertz CT molecular complexity index is 618. The molecule has 0 bridgehead atoms. The predicted octanol–water partition coefficient (Wildman–Crippen LogP) is 3.98. The molecule has 2 rings (SSSR count). The van der Waals surface area contributed by atoms with E-state index in [0.29, 0.717) is 23.1 Å². The number of hydrogen-bond acceptors (Lipinski definition) is 4. The van der Waals surface area contributed by atoms with Crippen molar-refractivity contribution in [2.75, 3.05) is 19.5 Å². The molecule has 2 aromatic rings. The highest BCUT2D eigenvalue weighted by atomic mass is 35.5. The fourth-order valence-electron chi connectivity index (χ4n) is 2.01. The summed E-state index contributed by atoms with van der Waals surface area (Å²) in [6, 6.07) is 9.35. The number of methoxy groups -OCH3 is 2. The molecule has 0 heterocycles. The third kappa shape index (κ3) is 3.52. The summed E-state index contributed by atoms with van der Waals surface area (Å²) in [7, 11) is 3.01. The van der Waals surface area contributed by atoms with E-state index in [-0.39, 0.29) is 5.75 Å². The summed E-state index contributed by atoms with van der Waals surface area (Å²) in [5, 5.41) is 13.8. The maximum atomic E-state index is 9.88. The number of benzene rings is 2. The monoisotopic (exact) mass is 307 g/mol. The van der Waals surface area contributed by atoms with E-state index in [0.717, 1.165) is 16.8 Å². The van der Waals surface area contributed by atoms with E-state index in [9.17, 15) is 5.11 Å². The first-order valence-electron chi connectivity index (χ1n) is 6.49. The third-order valence-electron chi connectivity index (χ3n) is 3.15. The van der Waals surface area contributed by atoms with Crippen LogP contribution in [-0.2, 0) is 6.54 Å². The van der Waals surface area contributed by atoms with Crippen molar-refractivity contribution in [1.29, 1.82) is 0 Å². The minimum atomic E-state index is -0.00267. The standard InChI is InChI=1S/C16H18ClNO3/c1-10-4-5-13(12(17)6-10)18-9-11-7-14(20-2)16(19)15(8-11)21-3/h4-8,18-19H,9H2,1-3H3. The predicted molar refractivity (Wildman–Crippen MR) is 84.7 cm³/mol. The molecule has 0 fully saturated rings. The average Bonchev–Trinajstić information content (AvgIpc) is 2.47. The number of anilines is 1. The van der Waals surface area contributed by atoms with Crippen molar-refractivity contribution in [2.45, 2.75) is 13.5 Å². The van der Waals surface area contributed by atoms with Gasteiger partial charge in [-0.2, -0.15) is 0 Å². The number of ether oxygens (including phenoxy) is 2. The molecule has 0 aliphatic heterocycles. The first-order valence-corrected chi connectivity index (χ1v) is 6.87. The van der Waals surface area contributed by atoms with Gasteiger partial charge in [-0.05, 0) is 42.3 Å². The van der Waals surface area contributed by atoms with Gasteiger partial charge in [-0.15, -0.1) is 0 Å². The molecule has 0 amide bonds. The van der Waals surface area contributed by atoms with E-state index in [1.807, 2.05) is 25.1 Å². The molecule has 112 valence electrons. The van der Waals surface area contributed by atoms with Crippen LogP contribution in [0.5, 0.6) is 17.2 Å². The van der Waals surface area contributed by atoms with Gasteiger partial charge in [0.15, 0.2) is 11.5 Å². The summed E-state index contributed by atoms with van der Waals surface area (Å²) in [4.78, 5) is 0. The zero-order chi connectivity index (χ0) is 15.4. The Balaban J connectivity index is 2.19. The number of halogens is 1. The summed E-state index contributed by atoms with van der Waals surface area (Å²) in [6.07, 6.45) is 0. The Morgan fingerprint density at radius 2 is 1.71 bits per heavy atom. The Kier molecular flexibility index (Phi) is 4.81. The molecule has 0 aliphatic carbocycles. The lowest BCUT2D eigenvalue weighted by Crippen LogP contribution is -2.01. The number of rotatable bonds is 5. The minimum absolute atomic E-state index is 0.00267. The zero-order valence-electron chi connectivity index (χ0n) is 12.2. The molecule has 2 aromatic carbocycles. The van der Waals surface area contributed by atoms with E-state index in [4.69, 9.17) is 21.1 Å². The van der Waals surface area contributed by atoms with Gasteiger partial charge in [0.25, 0.3) is 0 Å². The van der Waals surface area contributed by atoms with Crippen molar-refractivity contribution >= 4 is 17.3 Å². The fourth-order valence-corrected chi connectivity index (χ4v) is 2.31. The maximum Gasteiger partial charge on any atom is 0.200 e. The van der Waals surface area contributed by atoms with Crippen molar-refractivity contribution in [3.05, 3.63) is 46.5 Å². The summed E-state index contributed by atoms with van der Waals surface area (Å²) >= 11 is 6.19. The fraction of sp³-hybridized carbons (Fsp3) is 0.250. The van der Waals surface area contributed by atoms with Crippen molar-refractivity contribution in [2.24, 2.45) is 0 Å². The minimum Gasteiger partial charge on any atom is -0.502 e. The van der Waals surface area contributed by atoms with Crippen molar-refractivity contribution in [3.63, 3.8) is 0 Å². The van der Waals surface area contributed by atoms with E-state index >= 15 is 0 Å². The SMILES string of the molecule is COc1cc(CNc2ccc(C)cc2Cl)cc(OC)c1O. The van der Waals surface area contributed by atoms with Gasteiger partial charge in [-0.3, -0.25) is 0 Å². The molecule has 5 heteroatoms. The second kappa shape index (κ2) is 6.59. The van der Waals surface area contributed by atoms with Gasteiger partial charge in [0.2, 0.25) is 5.75 Å². The second-order valence-corrected chi connectivity index (χ2v) is 5.09. The number of phenols is 1. The van der Waals surface area contributed by atoms with Crippen molar-refractivity contribution in [3.8, 4) is 17.2 Å². The highest BCUT2D eigenvalue weighted by Gasteiger charge is 2.11.